The van der Waals surface area contributed by atoms with Crippen LogP contribution < -0.4 is 5.32 Å². The largest absolute Gasteiger partial charge is 0.466 e. The van der Waals surface area contributed by atoms with Gasteiger partial charge in [-0.25, -0.2) is 0 Å². The van der Waals surface area contributed by atoms with Crippen LogP contribution in [0.25, 0.3) is 0 Å². The summed E-state index contributed by atoms with van der Waals surface area (Å²) in [4.78, 5) is 24.4. The minimum atomic E-state index is -0.843. The molecule has 366 valence electrons. The number of carbonyl (C=O) groups is 2. The third kappa shape index (κ3) is 47.8. The van der Waals surface area contributed by atoms with Gasteiger partial charge in [0.2, 0.25) is 5.91 Å². The lowest BCUT2D eigenvalue weighted by Crippen LogP contribution is -2.45. The minimum Gasteiger partial charge on any atom is -0.466 e. The van der Waals surface area contributed by atoms with Crippen molar-refractivity contribution in [3.8, 4) is 0 Å². The molecular formula is C56H107NO5. The zero-order valence-electron chi connectivity index (χ0n) is 41.6. The molecule has 2 unspecified atom stereocenters. The zero-order chi connectivity index (χ0) is 45.1. The van der Waals surface area contributed by atoms with E-state index >= 15 is 0 Å². The Morgan fingerprint density at radius 3 is 1.18 bits per heavy atom. The zero-order valence-corrected chi connectivity index (χ0v) is 41.6. The molecule has 0 bridgehead atoms. The van der Waals surface area contributed by atoms with Crippen molar-refractivity contribution in [1.82, 2.24) is 5.32 Å². The third-order valence-electron chi connectivity index (χ3n) is 12.7. The summed E-state index contributed by atoms with van der Waals surface area (Å²) < 4.78 is 5.46. The fourth-order valence-electron chi connectivity index (χ4n) is 8.45. The second kappa shape index (κ2) is 52.0. The van der Waals surface area contributed by atoms with Gasteiger partial charge < -0.3 is 20.3 Å². The molecule has 0 saturated carbocycles. The highest BCUT2D eigenvalue weighted by Gasteiger charge is 2.18. The van der Waals surface area contributed by atoms with Crippen LogP contribution in [0.15, 0.2) is 24.3 Å². The molecule has 0 aromatic rings. The Morgan fingerprint density at radius 1 is 0.435 bits per heavy atom. The molecule has 0 radical (unpaired) electrons. The molecule has 0 rings (SSSR count). The standard InChI is InChI=1S/C56H107NO5/c1-3-5-7-9-11-13-15-28-32-36-40-44-48-54(59)53(52-58)57-55(60)49-45-41-37-33-29-26-24-22-20-18-17-19-21-23-25-27-31-35-39-43-47-51-62-56(61)50-46-42-38-34-30-16-14-12-10-8-6-4-2/h12,14,44,48,53-54,58-59H,3-11,13,15-43,45-47,49-52H2,1-2H3,(H,57,60)/b14-12-,48-44+. The van der Waals surface area contributed by atoms with Crippen LogP contribution in [0, 0.1) is 0 Å². The lowest BCUT2D eigenvalue weighted by atomic mass is 10.0. The molecule has 0 aliphatic heterocycles. The number of rotatable bonds is 51. The second-order valence-corrected chi connectivity index (χ2v) is 18.9. The summed E-state index contributed by atoms with van der Waals surface area (Å²) in [6.07, 6.45) is 61.9. The summed E-state index contributed by atoms with van der Waals surface area (Å²) in [5.41, 5.74) is 0. The van der Waals surface area contributed by atoms with E-state index in [0.717, 1.165) is 44.9 Å². The smallest absolute Gasteiger partial charge is 0.305 e. The van der Waals surface area contributed by atoms with Crippen LogP contribution in [0.2, 0.25) is 0 Å². The average molecular weight is 874 g/mol. The number of carbonyl (C=O) groups excluding carboxylic acids is 2. The van der Waals surface area contributed by atoms with E-state index in [-0.39, 0.29) is 18.5 Å². The predicted octanol–water partition coefficient (Wildman–Crippen LogP) is 16.7. The number of aliphatic hydroxyl groups excluding tert-OH is 2. The first-order valence-corrected chi connectivity index (χ1v) is 27.6. The highest BCUT2D eigenvalue weighted by molar-refractivity contribution is 5.76. The fraction of sp³-hybridized carbons (Fsp3) is 0.893. The van der Waals surface area contributed by atoms with Gasteiger partial charge in [0, 0.05) is 12.8 Å². The van der Waals surface area contributed by atoms with Crippen LogP contribution >= 0.6 is 0 Å². The molecule has 0 saturated heterocycles. The van der Waals surface area contributed by atoms with Gasteiger partial charge in [-0.15, -0.1) is 0 Å². The van der Waals surface area contributed by atoms with E-state index in [9.17, 15) is 19.8 Å². The number of allylic oxidation sites excluding steroid dienone is 3. The Morgan fingerprint density at radius 2 is 0.758 bits per heavy atom. The highest BCUT2D eigenvalue weighted by atomic mass is 16.5. The first-order chi connectivity index (χ1) is 30.5. The fourth-order valence-corrected chi connectivity index (χ4v) is 8.45. The first kappa shape index (κ1) is 60.3. The number of esters is 1. The van der Waals surface area contributed by atoms with Crippen molar-refractivity contribution in [3.05, 3.63) is 24.3 Å². The van der Waals surface area contributed by atoms with E-state index in [1.54, 1.807) is 6.08 Å². The number of hydrogen-bond acceptors (Lipinski definition) is 5. The van der Waals surface area contributed by atoms with Crippen molar-refractivity contribution in [2.75, 3.05) is 13.2 Å². The molecule has 6 nitrogen and oxygen atoms in total. The van der Waals surface area contributed by atoms with Gasteiger partial charge in [-0.2, -0.15) is 0 Å². The maximum atomic E-state index is 12.4. The van der Waals surface area contributed by atoms with Crippen LogP contribution in [0.5, 0.6) is 0 Å². The van der Waals surface area contributed by atoms with Gasteiger partial charge in [0.15, 0.2) is 0 Å². The molecule has 62 heavy (non-hydrogen) atoms. The number of nitrogens with one attached hydrogen (secondary N) is 1. The number of amides is 1. The summed E-state index contributed by atoms with van der Waals surface area (Å²) >= 11 is 0. The van der Waals surface area contributed by atoms with Gasteiger partial charge in [-0.3, -0.25) is 9.59 Å². The van der Waals surface area contributed by atoms with E-state index in [2.05, 4.69) is 31.3 Å². The van der Waals surface area contributed by atoms with Gasteiger partial charge >= 0.3 is 5.97 Å². The number of hydrogen-bond donors (Lipinski definition) is 3. The molecule has 0 aromatic carbocycles. The van der Waals surface area contributed by atoms with Crippen LogP contribution in [0.1, 0.15) is 296 Å². The molecule has 6 heteroatoms. The predicted molar refractivity (Wildman–Crippen MR) is 269 cm³/mol. The summed E-state index contributed by atoms with van der Waals surface area (Å²) in [6, 6.07) is -0.627. The van der Waals surface area contributed by atoms with Crippen molar-refractivity contribution in [2.45, 2.75) is 309 Å². The van der Waals surface area contributed by atoms with Crippen LogP contribution in [-0.4, -0.2) is 47.4 Å². The second-order valence-electron chi connectivity index (χ2n) is 18.9. The van der Waals surface area contributed by atoms with E-state index < -0.39 is 12.1 Å². The molecule has 0 aliphatic carbocycles. The Kier molecular flexibility index (Phi) is 50.6. The molecular weight excluding hydrogens is 767 g/mol. The molecule has 0 fully saturated rings. The Hall–Kier alpha value is -1.66. The number of unbranched alkanes of at least 4 members (excludes halogenated alkanes) is 38. The molecule has 1 amide bonds. The van der Waals surface area contributed by atoms with Gasteiger partial charge in [0.1, 0.15) is 0 Å². The number of aliphatic hydroxyl groups is 2. The molecule has 3 N–H and O–H groups in total. The number of ether oxygens (including phenoxy) is 1. The van der Waals surface area contributed by atoms with Gasteiger partial charge in [0.25, 0.3) is 0 Å². The Balaban J connectivity index is 3.40. The average Bonchev–Trinajstić information content (AvgIpc) is 3.27. The SMILES string of the molecule is CCCCC/C=C\CCCCCCCC(=O)OCCCCCCCCCCCCCCCCCCCCCCCC(=O)NC(CO)C(O)/C=C/CCCCCCCCCCCC. The van der Waals surface area contributed by atoms with Crippen LogP contribution in [0.3, 0.4) is 0 Å². The van der Waals surface area contributed by atoms with E-state index in [1.165, 1.54) is 225 Å². The van der Waals surface area contributed by atoms with Gasteiger partial charge in [-0.1, -0.05) is 250 Å². The summed E-state index contributed by atoms with van der Waals surface area (Å²) in [5.74, 6) is -0.0684. The van der Waals surface area contributed by atoms with E-state index in [0.29, 0.717) is 19.4 Å². The van der Waals surface area contributed by atoms with Crippen molar-refractivity contribution < 1.29 is 24.5 Å². The van der Waals surface area contributed by atoms with E-state index in [4.69, 9.17) is 4.74 Å². The Labute approximate surface area is 386 Å². The van der Waals surface area contributed by atoms with Gasteiger partial charge in [0.05, 0.1) is 25.4 Å². The van der Waals surface area contributed by atoms with Crippen molar-refractivity contribution >= 4 is 11.9 Å². The summed E-state index contributed by atoms with van der Waals surface area (Å²) in [6.45, 7) is 4.87. The minimum absolute atomic E-state index is 0.00103. The molecule has 2 atom stereocenters. The third-order valence-corrected chi connectivity index (χ3v) is 12.7. The lowest BCUT2D eigenvalue weighted by Gasteiger charge is -2.20. The lowest BCUT2D eigenvalue weighted by molar-refractivity contribution is -0.143. The van der Waals surface area contributed by atoms with Crippen molar-refractivity contribution in [2.24, 2.45) is 0 Å². The van der Waals surface area contributed by atoms with E-state index in [1.807, 2.05) is 6.08 Å². The maximum absolute atomic E-state index is 12.4. The van der Waals surface area contributed by atoms with Gasteiger partial charge in [-0.05, 0) is 57.8 Å². The Bertz CT molecular complexity index is 966. The summed E-state index contributed by atoms with van der Waals surface area (Å²) in [7, 11) is 0. The normalized spacial score (nSPS) is 12.8. The summed E-state index contributed by atoms with van der Waals surface area (Å²) in [5, 5.41) is 23.0. The highest BCUT2D eigenvalue weighted by Crippen LogP contribution is 2.17. The maximum Gasteiger partial charge on any atom is 0.305 e. The van der Waals surface area contributed by atoms with Crippen LogP contribution in [0.4, 0.5) is 0 Å². The topological polar surface area (TPSA) is 95.9 Å². The van der Waals surface area contributed by atoms with Crippen molar-refractivity contribution in [1.29, 1.82) is 0 Å². The molecule has 0 heterocycles. The van der Waals surface area contributed by atoms with Crippen molar-refractivity contribution in [3.63, 3.8) is 0 Å². The van der Waals surface area contributed by atoms with Crippen LogP contribution in [-0.2, 0) is 14.3 Å². The quantitative estimate of drug-likeness (QED) is 0.0321. The monoisotopic (exact) mass is 874 g/mol. The molecule has 0 aliphatic rings. The first-order valence-electron chi connectivity index (χ1n) is 27.6. The molecule has 0 aromatic heterocycles. The molecule has 0 spiro atoms.